The highest BCUT2D eigenvalue weighted by Gasteiger charge is 2.34. The first-order chi connectivity index (χ1) is 19.1. The first-order valence-electron chi connectivity index (χ1n) is 15.3. The molecule has 3 heterocycles. The minimum Gasteiger partial charge on any atom is -0.484 e. The van der Waals surface area contributed by atoms with Gasteiger partial charge in [-0.3, -0.25) is 4.79 Å². The van der Waals surface area contributed by atoms with E-state index in [1.165, 1.54) is 0 Å². The number of hydrogen-bond acceptors (Lipinski definition) is 7. The van der Waals surface area contributed by atoms with Gasteiger partial charge in [-0.05, 0) is 75.5 Å². The Labute approximate surface area is 241 Å². The minimum absolute atomic E-state index is 0.155. The molecule has 226 valence electrons. The molecule has 8 heteroatoms. The molecule has 3 aliphatic heterocycles. The van der Waals surface area contributed by atoms with Gasteiger partial charge in [0.05, 0.1) is 24.9 Å². The second kappa shape index (κ2) is 13.9. The number of anilines is 1. The Hall–Kier alpha value is -1.87. The highest BCUT2D eigenvalue weighted by Crippen LogP contribution is 2.38. The number of nitrogens with one attached hydrogen (secondary N) is 2. The molecule has 1 aromatic rings. The third-order valence-corrected chi connectivity index (χ3v) is 8.77. The van der Waals surface area contributed by atoms with Crippen molar-refractivity contribution in [1.82, 2.24) is 10.6 Å². The van der Waals surface area contributed by atoms with E-state index in [1.807, 2.05) is 0 Å². The molecular weight excluding hydrogens is 506 g/mol. The van der Waals surface area contributed by atoms with Crippen LogP contribution in [0.5, 0.6) is 5.75 Å². The average molecular weight is 560 g/mol. The number of ether oxygens (including phenoxy) is 4. The summed E-state index contributed by atoms with van der Waals surface area (Å²) in [6.07, 6.45) is 5.02. The van der Waals surface area contributed by atoms with Crippen LogP contribution in [0.3, 0.4) is 0 Å². The van der Waals surface area contributed by atoms with Gasteiger partial charge in [-0.2, -0.15) is 0 Å². The Morgan fingerprint density at radius 1 is 1.25 bits per heavy atom. The van der Waals surface area contributed by atoms with Crippen LogP contribution in [-0.4, -0.2) is 76.8 Å². The van der Waals surface area contributed by atoms with E-state index >= 15 is 0 Å². The lowest BCUT2D eigenvalue weighted by molar-refractivity contribution is -0.130. The molecule has 1 aromatic carbocycles. The van der Waals surface area contributed by atoms with Crippen molar-refractivity contribution in [1.29, 1.82) is 0 Å². The van der Waals surface area contributed by atoms with Gasteiger partial charge in [-0.25, -0.2) is 0 Å². The monoisotopic (exact) mass is 559 g/mol. The number of nitrogens with zero attached hydrogens (tertiary/aromatic N) is 1. The third kappa shape index (κ3) is 8.57. The van der Waals surface area contributed by atoms with E-state index in [9.17, 15) is 4.79 Å². The zero-order valence-electron chi connectivity index (χ0n) is 25.7. The maximum absolute atomic E-state index is 13.0. The van der Waals surface area contributed by atoms with Crippen molar-refractivity contribution in [3.05, 3.63) is 23.8 Å². The van der Waals surface area contributed by atoms with E-state index in [4.69, 9.17) is 18.9 Å². The molecule has 4 rings (SSSR count). The molecule has 0 bridgehead atoms. The van der Waals surface area contributed by atoms with E-state index in [0.717, 1.165) is 95.1 Å². The van der Waals surface area contributed by atoms with Crippen LogP contribution in [0.25, 0.3) is 0 Å². The lowest BCUT2D eigenvalue weighted by Gasteiger charge is -2.41. The maximum atomic E-state index is 13.0. The summed E-state index contributed by atoms with van der Waals surface area (Å²) in [6, 6.07) is 6.75. The van der Waals surface area contributed by atoms with Gasteiger partial charge in [0.25, 0.3) is 0 Å². The highest BCUT2D eigenvalue weighted by molar-refractivity contribution is 5.81. The summed E-state index contributed by atoms with van der Waals surface area (Å²) in [5.74, 6) is 2.10. The van der Waals surface area contributed by atoms with Crippen LogP contribution in [0.2, 0.25) is 0 Å². The normalized spacial score (nSPS) is 26.6. The van der Waals surface area contributed by atoms with E-state index in [0.29, 0.717) is 24.5 Å². The molecule has 8 nitrogen and oxygen atoms in total. The number of carbonyl (C=O) groups excluding carboxylic acids is 1. The Balaban J connectivity index is 1.22. The van der Waals surface area contributed by atoms with Gasteiger partial charge in [-0.15, -0.1) is 0 Å². The highest BCUT2D eigenvalue weighted by atomic mass is 16.5. The topological polar surface area (TPSA) is 81.3 Å². The van der Waals surface area contributed by atoms with Gasteiger partial charge in [0, 0.05) is 58.0 Å². The quantitative estimate of drug-likeness (QED) is 0.364. The standard InChI is InChI=1S/C32H53N3O5/c1-23-20-38-15-12-25(23)18-34-30(36)31(2,3)17-26-9-10-27(19-33-26)39-21-24-8-11-29-28(16-24)35(13-7-14-37-6)22-32(4,5)40-29/h8,11,16,23,25-27,33H,7,9-10,12-15,17-22H2,1-6H3,(H,34,36)/t23-,25+,26-,27+/m0/s1. The van der Waals surface area contributed by atoms with Gasteiger partial charge in [0.15, 0.2) is 0 Å². The van der Waals surface area contributed by atoms with Crippen LogP contribution in [0, 0.1) is 17.3 Å². The van der Waals surface area contributed by atoms with Crippen LogP contribution in [-0.2, 0) is 25.6 Å². The van der Waals surface area contributed by atoms with Crippen LogP contribution >= 0.6 is 0 Å². The predicted octanol–water partition coefficient (Wildman–Crippen LogP) is 4.54. The van der Waals surface area contributed by atoms with Crippen LogP contribution in [0.1, 0.15) is 72.3 Å². The molecule has 40 heavy (non-hydrogen) atoms. The van der Waals surface area contributed by atoms with E-state index in [-0.39, 0.29) is 17.6 Å². The molecule has 2 N–H and O–H groups in total. The van der Waals surface area contributed by atoms with Gasteiger partial charge >= 0.3 is 0 Å². The maximum Gasteiger partial charge on any atom is 0.225 e. The van der Waals surface area contributed by atoms with Gasteiger partial charge in [0.1, 0.15) is 11.4 Å². The number of hydrogen-bond donors (Lipinski definition) is 2. The van der Waals surface area contributed by atoms with E-state index in [1.54, 1.807) is 7.11 Å². The number of amides is 1. The minimum atomic E-state index is -0.408. The molecule has 2 fully saturated rings. The number of methoxy groups -OCH3 is 1. The SMILES string of the molecule is COCCCN1CC(C)(C)Oc2ccc(CO[C@@H]3CC[C@@H](CC(C)(C)C(=O)NC[C@H]4CCOC[C@@H]4C)NC3)cc21. The molecule has 0 aromatic heterocycles. The molecule has 1 amide bonds. The lowest BCUT2D eigenvalue weighted by atomic mass is 9.81. The molecule has 0 radical (unpaired) electrons. The Kier molecular flexibility index (Phi) is 10.8. The number of carbonyl (C=O) groups is 1. The Morgan fingerprint density at radius 3 is 2.80 bits per heavy atom. The van der Waals surface area contributed by atoms with Gasteiger partial charge in [-0.1, -0.05) is 26.8 Å². The summed E-state index contributed by atoms with van der Waals surface area (Å²) < 4.78 is 23.4. The molecule has 0 aliphatic carbocycles. The Morgan fingerprint density at radius 2 is 2.08 bits per heavy atom. The van der Waals surface area contributed by atoms with E-state index in [2.05, 4.69) is 68.4 Å². The summed E-state index contributed by atoms with van der Waals surface area (Å²) in [5, 5.41) is 6.90. The van der Waals surface area contributed by atoms with Crippen LogP contribution in [0.15, 0.2) is 18.2 Å². The van der Waals surface area contributed by atoms with Crippen molar-refractivity contribution in [3.63, 3.8) is 0 Å². The van der Waals surface area contributed by atoms with E-state index < -0.39 is 5.41 Å². The number of benzene rings is 1. The van der Waals surface area contributed by atoms with Gasteiger partial charge < -0.3 is 34.5 Å². The zero-order valence-corrected chi connectivity index (χ0v) is 25.7. The second-order valence-electron chi connectivity index (χ2n) is 13.4. The largest absolute Gasteiger partial charge is 0.484 e. The van der Waals surface area contributed by atoms with Crippen LogP contribution < -0.4 is 20.3 Å². The third-order valence-electron chi connectivity index (χ3n) is 8.77. The molecular formula is C32H53N3O5. The molecule has 0 saturated carbocycles. The Bertz CT molecular complexity index is 960. The fourth-order valence-electron chi connectivity index (χ4n) is 6.28. The molecule has 4 atom stereocenters. The summed E-state index contributed by atoms with van der Waals surface area (Å²) in [5.41, 5.74) is 1.68. The molecule has 0 spiro atoms. The fourth-order valence-corrected chi connectivity index (χ4v) is 6.28. The van der Waals surface area contributed by atoms with Crippen molar-refractivity contribution in [2.45, 2.75) is 91.1 Å². The summed E-state index contributed by atoms with van der Waals surface area (Å²) in [7, 11) is 1.75. The van der Waals surface area contributed by atoms with Gasteiger partial charge in [0.2, 0.25) is 5.91 Å². The van der Waals surface area contributed by atoms with Crippen molar-refractivity contribution in [3.8, 4) is 5.75 Å². The van der Waals surface area contributed by atoms with Crippen LogP contribution in [0.4, 0.5) is 5.69 Å². The molecule has 3 aliphatic rings. The van der Waals surface area contributed by atoms with Crippen molar-refractivity contribution < 1.29 is 23.7 Å². The van der Waals surface area contributed by atoms with Crippen molar-refractivity contribution in [2.75, 3.05) is 58.0 Å². The first-order valence-corrected chi connectivity index (χ1v) is 15.3. The van der Waals surface area contributed by atoms with Crippen molar-refractivity contribution >= 4 is 11.6 Å². The summed E-state index contributed by atoms with van der Waals surface area (Å²) in [4.78, 5) is 15.4. The number of rotatable bonds is 12. The molecule has 2 saturated heterocycles. The summed E-state index contributed by atoms with van der Waals surface area (Å²) in [6.45, 7) is 16.9. The van der Waals surface area contributed by atoms with Crippen molar-refractivity contribution in [2.24, 2.45) is 17.3 Å². The summed E-state index contributed by atoms with van der Waals surface area (Å²) >= 11 is 0. The number of fused-ring (bicyclic) bond motifs is 1. The lowest BCUT2D eigenvalue weighted by Crippen LogP contribution is -2.48. The second-order valence-corrected chi connectivity index (χ2v) is 13.4. The predicted molar refractivity (Wildman–Crippen MR) is 159 cm³/mol. The smallest absolute Gasteiger partial charge is 0.225 e. The zero-order chi connectivity index (χ0) is 28.8. The molecule has 0 unspecified atom stereocenters. The average Bonchev–Trinajstić information content (AvgIpc) is 2.91. The number of piperidine rings is 1. The first kappa shape index (κ1) is 31.1. The fraction of sp³-hybridized carbons (Fsp3) is 0.781.